The molecule has 4 heterocycles. The van der Waals surface area contributed by atoms with Crippen molar-refractivity contribution in [3.05, 3.63) is 78.9 Å². The van der Waals surface area contributed by atoms with Crippen molar-refractivity contribution in [2.45, 2.75) is 58.9 Å². The van der Waals surface area contributed by atoms with Crippen LogP contribution in [0.15, 0.2) is 73.3 Å². The number of nitrogens with zero attached hydrogens (tertiary/aromatic N) is 7. The van der Waals surface area contributed by atoms with Crippen LogP contribution in [0.4, 0.5) is 10.6 Å². The fourth-order valence-corrected chi connectivity index (χ4v) is 6.74. The molecule has 0 N–H and O–H groups in total. The summed E-state index contributed by atoms with van der Waals surface area (Å²) in [6.45, 7) is 13.6. The van der Waals surface area contributed by atoms with Gasteiger partial charge in [-0.2, -0.15) is 5.10 Å². The largest absolute Gasteiger partial charge is 0.497 e. The van der Waals surface area contributed by atoms with Gasteiger partial charge in [-0.15, -0.1) is 0 Å². The number of anilines is 1. The first kappa shape index (κ1) is 33.2. The van der Waals surface area contributed by atoms with Crippen molar-refractivity contribution in [2.24, 2.45) is 5.92 Å². The lowest BCUT2D eigenvalue weighted by Crippen LogP contribution is -2.38. The van der Waals surface area contributed by atoms with Gasteiger partial charge < -0.3 is 23.7 Å². The maximum atomic E-state index is 14.0. The van der Waals surface area contributed by atoms with E-state index in [2.05, 4.69) is 67.8 Å². The van der Waals surface area contributed by atoms with Gasteiger partial charge in [-0.05, 0) is 35.7 Å². The lowest BCUT2D eigenvalue weighted by atomic mass is 10.0. The van der Waals surface area contributed by atoms with Crippen LogP contribution in [0.1, 0.15) is 19.4 Å². The highest BCUT2D eigenvalue weighted by atomic mass is 28.3. The molecule has 0 bridgehead atoms. The number of rotatable bonds is 13. The van der Waals surface area contributed by atoms with Crippen LogP contribution in [0, 0.1) is 5.92 Å². The second-order valence-corrected chi connectivity index (χ2v) is 19.4. The summed E-state index contributed by atoms with van der Waals surface area (Å²) in [4.78, 5) is 27.3. The summed E-state index contributed by atoms with van der Waals surface area (Å²) in [7, 11) is 2.10. The summed E-state index contributed by atoms with van der Waals surface area (Å²) in [6.07, 6.45) is 7.45. The van der Waals surface area contributed by atoms with Crippen LogP contribution in [0.25, 0.3) is 28.2 Å². The lowest BCUT2D eigenvalue weighted by Gasteiger charge is -2.25. The van der Waals surface area contributed by atoms with Crippen LogP contribution < -0.4 is 14.4 Å². The van der Waals surface area contributed by atoms with E-state index in [0.29, 0.717) is 42.8 Å². The van der Waals surface area contributed by atoms with E-state index in [1.54, 1.807) is 24.9 Å². The second kappa shape index (κ2) is 13.8. The van der Waals surface area contributed by atoms with Crippen LogP contribution >= 0.6 is 0 Å². The smallest absolute Gasteiger partial charge is 0.326 e. The molecule has 2 aromatic carbocycles. The number of imidazole rings is 1. The lowest BCUT2D eigenvalue weighted by molar-refractivity contribution is 0.0883. The summed E-state index contributed by atoms with van der Waals surface area (Å²) in [6, 6.07) is 16.8. The van der Waals surface area contributed by atoms with E-state index in [-0.39, 0.29) is 18.0 Å². The molecule has 0 radical (unpaired) electrons. The summed E-state index contributed by atoms with van der Waals surface area (Å²) in [5.41, 5.74) is 4.46. The minimum atomic E-state index is -1.15. The van der Waals surface area contributed by atoms with Gasteiger partial charge in [0.15, 0.2) is 5.65 Å². The first-order valence-electron chi connectivity index (χ1n) is 16.4. The van der Waals surface area contributed by atoms with Gasteiger partial charge in [-0.3, -0.25) is 4.90 Å². The molecule has 1 aliphatic rings. The number of carbonyl (C=O) groups is 1. The Balaban J connectivity index is 1.23. The number of fused-ring (bicyclic) bond motifs is 1. The maximum absolute atomic E-state index is 14.0. The second-order valence-electron chi connectivity index (χ2n) is 13.8. The number of ether oxygens (including phenoxy) is 3. The average molecular weight is 668 g/mol. The Morgan fingerprint density at radius 2 is 1.75 bits per heavy atom. The minimum Gasteiger partial charge on any atom is -0.497 e. The van der Waals surface area contributed by atoms with E-state index in [1.165, 1.54) is 0 Å². The van der Waals surface area contributed by atoms with Crippen LogP contribution in [0.5, 0.6) is 11.5 Å². The minimum absolute atomic E-state index is 0.0504. The third-order valence-corrected chi connectivity index (χ3v) is 10.5. The van der Waals surface area contributed by atoms with Gasteiger partial charge in [-0.1, -0.05) is 57.8 Å². The van der Waals surface area contributed by atoms with Gasteiger partial charge in [0, 0.05) is 62.6 Å². The van der Waals surface area contributed by atoms with E-state index < -0.39 is 8.07 Å². The Kier molecular flexibility index (Phi) is 9.56. The summed E-state index contributed by atoms with van der Waals surface area (Å²) in [5.74, 6) is 3.07. The molecular formula is C36H45N7O4Si. The molecule has 0 aliphatic carbocycles. The summed E-state index contributed by atoms with van der Waals surface area (Å²) >= 11 is 0. The molecule has 1 aliphatic heterocycles. The predicted octanol–water partition coefficient (Wildman–Crippen LogP) is 7.06. The molecule has 48 heavy (non-hydrogen) atoms. The number of benzene rings is 2. The van der Waals surface area contributed by atoms with Gasteiger partial charge in [0.05, 0.1) is 33.0 Å². The summed E-state index contributed by atoms with van der Waals surface area (Å²) in [5, 5.41) is 4.57. The van der Waals surface area contributed by atoms with Gasteiger partial charge >= 0.3 is 6.03 Å². The summed E-state index contributed by atoms with van der Waals surface area (Å²) < 4.78 is 20.7. The van der Waals surface area contributed by atoms with Crippen molar-refractivity contribution in [2.75, 3.05) is 32.3 Å². The van der Waals surface area contributed by atoms with Crippen LogP contribution in [-0.4, -0.2) is 76.6 Å². The number of urea groups is 1. The number of carbonyl (C=O) groups excluding carboxylic acids is 1. The van der Waals surface area contributed by atoms with Crippen molar-refractivity contribution in [3.63, 3.8) is 0 Å². The Morgan fingerprint density at radius 1 is 0.979 bits per heavy atom. The maximum Gasteiger partial charge on any atom is 0.326 e. The van der Waals surface area contributed by atoms with E-state index in [0.717, 1.165) is 40.7 Å². The monoisotopic (exact) mass is 667 g/mol. The molecule has 1 saturated heterocycles. The van der Waals surface area contributed by atoms with E-state index >= 15 is 0 Å². The topological polar surface area (TPSA) is 99.3 Å². The van der Waals surface area contributed by atoms with E-state index in [9.17, 15) is 4.79 Å². The Labute approximate surface area is 283 Å². The third kappa shape index (κ3) is 6.95. The van der Waals surface area contributed by atoms with Crippen molar-refractivity contribution in [3.8, 4) is 34.0 Å². The first-order chi connectivity index (χ1) is 23.1. The molecule has 5 aromatic rings. The molecule has 3 aromatic heterocycles. The zero-order valence-corrected chi connectivity index (χ0v) is 29.9. The number of hydrogen-bond acceptors (Lipinski definition) is 7. The molecule has 0 saturated carbocycles. The van der Waals surface area contributed by atoms with Crippen LogP contribution in [-0.2, 0) is 18.0 Å². The van der Waals surface area contributed by atoms with Crippen LogP contribution in [0.2, 0.25) is 25.7 Å². The highest BCUT2D eigenvalue weighted by Gasteiger charge is 2.41. The number of hydrogen-bond donors (Lipinski definition) is 0. The Bertz CT molecular complexity index is 1880. The first-order valence-corrected chi connectivity index (χ1v) is 20.1. The molecule has 252 valence electrons. The molecule has 12 heteroatoms. The molecule has 0 spiro atoms. The third-order valence-electron chi connectivity index (χ3n) is 8.84. The van der Waals surface area contributed by atoms with Gasteiger partial charge in [-0.25, -0.2) is 19.3 Å². The number of amides is 2. The highest BCUT2D eigenvalue weighted by molar-refractivity contribution is 6.76. The van der Waals surface area contributed by atoms with E-state index in [4.69, 9.17) is 19.2 Å². The molecule has 1 unspecified atom stereocenters. The molecule has 6 rings (SSSR count). The highest BCUT2D eigenvalue weighted by Crippen LogP contribution is 2.33. The Hall–Kier alpha value is -4.68. The molecule has 11 nitrogen and oxygen atoms in total. The Morgan fingerprint density at radius 3 is 2.46 bits per heavy atom. The van der Waals surface area contributed by atoms with Gasteiger partial charge in [0.1, 0.15) is 29.9 Å². The molecule has 1 fully saturated rings. The quantitative estimate of drug-likeness (QED) is 0.0980. The van der Waals surface area contributed by atoms with Crippen molar-refractivity contribution in [1.29, 1.82) is 0 Å². The number of aromatic nitrogens is 5. The standard InChI is InChI=1S/C36H45N7O4Si/c1-25(2)31-23-41(22-28-12-13-29(45-3)20-32(28)46-4)36(44)43(31)33-14-16-42-35(39-33)30(21-38-42)26-8-10-27(11-9-26)34-37-15-17-40(34)24-47-18-19-48(5,6)7/h8-17,20-21,25,31H,18-19,22-24H2,1-7H3. The van der Waals surface area contributed by atoms with Crippen LogP contribution in [0.3, 0.4) is 0 Å². The zero-order valence-electron chi connectivity index (χ0n) is 28.9. The van der Waals surface area contributed by atoms with Crippen molar-refractivity contribution >= 4 is 25.6 Å². The zero-order chi connectivity index (χ0) is 34.0. The molecular weight excluding hydrogens is 623 g/mol. The average Bonchev–Trinajstić information content (AvgIpc) is 3.80. The van der Waals surface area contributed by atoms with Gasteiger partial charge in [0.2, 0.25) is 0 Å². The molecule has 2 amide bonds. The molecule has 1 atom stereocenters. The SMILES string of the molecule is COc1ccc(CN2CC(C(C)C)N(c3ccn4ncc(-c5ccc(-c6nccn6COCC[Si](C)(C)C)cc5)c4n3)C2=O)c(OC)c1. The van der Waals surface area contributed by atoms with Crippen molar-refractivity contribution in [1.82, 2.24) is 29.0 Å². The van der Waals surface area contributed by atoms with Crippen molar-refractivity contribution < 1.29 is 19.0 Å². The normalized spacial score (nSPS) is 15.2. The van der Waals surface area contributed by atoms with Gasteiger partial charge in [0.25, 0.3) is 0 Å². The number of methoxy groups -OCH3 is 2. The fourth-order valence-electron chi connectivity index (χ4n) is 5.99. The predicted molar refractivity (Wildman–Crippen MR) is 190 cm³/mol. The van der Waals surface area contributed by atoms with E-state index in [1.807, 2.05) is 57.2 Å². The fraction of sp³-hybridized carbons (Fsp3) is 0.389.